The summed E-state index contributed by atoms with van der Waals surface area (Å²) in [5, 5.41) is 0.767. The smallest absolute Gasteiger partial charge is 0.262 e. The molecule has 0 unspecified atom stereocenters. The molecule has 0 spiro atoms. The van der Waals surface area contributed by atoms with Crippen LogP contribution >= 0.6 is 11.3 Å². The molecule has 0 aliphatic carbocycles. The molecule has 20 heavy (non-hydrogen) atoms. The van der Waals surface area contributed by atoms with Gasteiger partial charge in [0, 0.05) is 4.88 Å². The van der Waals surface area contributed by atoms with Gasteiger partial charge in [-0.2, -0.15) is 0 Å². The zero-order chi connectivity index (χ0) is 14.3. The lowest BCUT2D eigenvalue weighted by molar-refractivity contribution is 0.745. The number of hydrogen-bond acceptors (Lipinski definition) is 3. The number of hydrogen-bond donors (Lipinski definition) is 0. The van der Waals surface area contributed by atoms with E-state index in [1.54, 1.807) is 22.2 Å². The largest absolute Gasteiger partial charge is 0.294 e. The lowest BCUT2D eigenvalue weighted by atomic mass is 10.1. The second kappa shape index (κ2) is 4.87. The summed E-state index contributed by atoms with van der Waals surface area (Å²) >= 11 is 1.59. The van der Waals surface area contributed by atoms with Gasteiger partial charge < -0.3 is 0 Å². The van der Waals surface area contributed by atoms with Gasteiger partial charge in [-0.1, -0.05) is 24.3 Å². The van der Waals surface area contributed by atoms with Gasteiger partial charge in [-0.3, -0.25) is 9.36 Å². The molecule has 0 amide bonds. The zero-order valence-corrected chi connectivity index (χ0v) is 12.6. The Labute approximate surface area is 121 Å². The molecule has 2 aromatic heterocycles. The van der Waals surface area contributed by atoms with E-state index < -0.39 is 0 Å². The van der Waals surface area contributed by atoms with Crippen molar-refractivity contribution >= 4 is 21.6 Å². The van der Waals surface area contributed by atoms with Gasteiger partial charge in [-0.15, -0.1) is 11.3 Å². The zero-order valence-electron chi connectivity index (χ0n) is 11.8. The molecule has 3 rings (SSSR count). The summed E-state index contributed by atoms with van der Waals surface area (Å²) in [5.41, 5.74) is 3.46. The van der Waals surface area contributed by atoms with Crippen LogP contribution in [0.3, 0.4) is 0 Å². The molecule has 0 aliphatic heterocycles. The lowest BCUT2D eigenvalue weighted by Crippen LogP contribution is -2.21. The van der Waals surface area contributed by atoms with Crippen molar-refractivity contribution in [1.29, 1.82) is 0 Å². The molecule has 0 N–H and O–H groups in total. The number of nitrogens with zero attached hydrogens (tertiary/aromatic N) is 2. The molecule has 0 aliphatic rings. The van der Waals surface area contributed by atoms with Crippen LogP contribution in [0.15, 0.2) is 35.4 Å². The molecule has 3 nitrogen and oxygen atoms in total. The van der Waals surface area contributed by atoms with Gasteiger partial charge in [0.1, 0.15) is 4.83 Å². The molecule has 0 atom stereocenters. The average Bonchev–Trinajstić information content (AvgIpc) is 2.72. The highest BCUT2D eigenvalue weighted by Gasteiger charge is 2.12. The van der Waals surface area contributed by atoms with E-state index in [2.05, 4.69) is 24.0 Å². The van der Waals surface area contributed by atoms with Crippen molar-refractivity contribution in [3.05, 3.63) is 62.5 Å². The first-order valence-electron chi connectivity index (χ1n) is 6.57. The van der Waals surface area contributed by atoms with E-state index in [1.165, 1.54) is 10.4 Å². The van der Waals surface area contributed by atoms with E-state index in [9.17, 15) is 4.79 Å². The van der Waals surface area contributed by atoms with Gasteiger partial charge >= 0.3 is 0 Å². The average molecular weight is 284 g/mol. The minimum absolute atomic E-state index is 0.0557. The van der Waals surface area contributed by atoms with E-state index in [1.807, 2.05) is 26.0 Å². The van der Waals surface area contributed by atoms with Crippen molar-refractivity contribution in [3.8, 4) is 0 Å². The Kier molecular flexibility index (Phi) is 3.18. The lowest BCUT2D eigenvalue weighted by Gasteiger charge is -2.08. The van der Waals surface area contributed by atoms with Gasteiger partial charge in [-0.25, -0.2) is 4.98 Å². The summed E-state index contributed by atoms with van der Waals surface area (Å²) in [6, 6.07) is 8.12. The van der Waals surface area contributed by atoms with Crippen LogP contribution in [-0.2, 0) is 6.54 Å². The Morgan fingerprint density at radius 1 is 1.20 bits per heavy atom. The number of rotatable bonds is 2. The summed E-state index contributed by atoms with van der Waals surface area (Å²) in [6.07, 6.45) is 1.66. The third-order valence-corrected chi connectivity index (χ3v) is 4.87. The molecular weight excluding hydrogens is 268 g/mol. The second-order valence-corrected chi connectivity index (χ2v) is 6.27. The number of thiophene rings is 1. The summed E-state index contributed by atoms with van der Waals surface area (Å²) in [4.78, 5) is 19.0. The molecule has 4 heteroatoms. The Hall–Kier alpha value is -1.94. The molecule has 2 heterocycles. The summed E-state index contributed by atoms with van der Waals surface area (Å²) < 4.78 is 1.70. The number of aryl methyl sites for hydroxylation is 3. The van der Waals surface area contributed by atoms with E-state index in [4.69, 9.17) is 0 Å². The number of fused-ring (bicyclic) bond motifs is 1. The Morgan fingerprint density at radius 2 is 1.95 bits per heavy atom. The van der Waals surface area contributed by atoms with Crippen LogP contribution in [0.4, 0.5) is 0 Å². The van der Waals surface area contributed by atoms with Crippen molar-refractivity contribution < 1.29 is 0 Å². The van der Waals surface area contributed by atoms with E-state index >= 15 is 0 Å². The van der Waals surface area contributed by atoms with Gasteiger partial charge in [0.25, 0.3) is 5.56 Å². The highest BCUT2D eigenvalue weighted by molar-refractivity contribution is 7.18. The first-order valence-corrected chi connectivity index (χ1v) is 7.39. The maximum atomic E-state index is 12.6. The monoisotopic (exact) mass is 284 g/mol. The normalized spacial score (nSPS) is 11.2. The maximum Gasteiger partial charge on any atom is 0.262 e. The Bertz CT molecular complexity index is 845. The van der Waals surface area contributed by atoms with Crippen molar-refractivity contribution in [1.82, 2.24) is 9.55 Å². The summed E-state index contributed by atoms with van der Waals surface area (Å²) in [6.45, 7) is 6.66. The third kappa shape index (κ3) is 2.06. The number of aromatic nitrogens is 2. The fourth-order valence-corrected chi connectivity index (χ4v) is 3.34. The highest BCUT2D eigenvalue weighted by Crippen LogP contribution is 2.25. The van der Waals surface area contributed by atoms with Crippen LogP contribution in [0.25, 0.3) is 10.2 Å². The summed E-state index contributed by atoms with van der Waals surface area (Å²) in [7, 11) is 0. The van der Waals surface area contributed by atoms with E-state index in [-0.39, 0.29) is 5.56 Å². The topological polar surface area (TPSA) is 34.9 Å². The van der Waals surface area contributed by atoms with Gasteiger partial charge in [0.2, 0.25) is 0 Å². The second-order valence-electron chi connectivity index (χ2n) is 5.07. The quantitative estimate of drug-likeness (QED) is 0.722. The fraction of sp³-hybridized carbons (Fsp3) is 0.250. The first-order chi connectivity index (χ1) is 9.58. The minimum Gasteiger partial charge on any atom is -0.294 e. The van der Waals surface area contributed by atoms with Gasteiger partial charge in [0.15, 0.2) is 0 Å². The fourth-order valence-electron chi connectivity index (χ4n) is 2.35. The van der Waals surface area contributed by atoms with Crippen molar-refractivity contribution in [2.45, 2.75) is 27.3 Å². The Morgan fingerprint density at radius 3 is 2.70 bits per heavy atom. The molecule has 0 saturated heterocycles. The third-order valence-electron chi connectivity index (χ3n) is 3.76. The molecule has 0 radical (unpaired) electrons. The van der Waals surface area contributed by atoms with Crippen LogP contribution < -0.4 is 5.56 Å². The minimum atomic E-state index is 0.0557. The molecule has 0 fully saturated rings. The molecule has 0 bridgehead atoms. The van der Waals surface area contributed by atoms with Crippen LogP contribution in [0.5, 0.6) is 0 Å². The van der Waals surface area contributed by atoms with Crippen LogP contribution in [0, 0.1) is 20.8 Å². The van der Waals surface area contributed by atoms with Crippen LogP contribution in [-0.4, -0.2) is 9.55 Å². The van der Waals surface area contributed by atoms with Crippen molar-refractivity contribution in [3.63, 3.8) is 0 Å². The predicted molar refractivity (Wildman–Crippen MR) is 83.6 cm³/mol. The van der Waals surface area contributed by atoms with Gasteiger partial charge in [-0.05, 0) is 37.5 Å². The molecule has 3 aromatic rings. The van der Waals surface area contributed by atoms with Crippen LogP contribution in [0.1, 0.15) is 21.6 Å². The van der Waals surface area contributed by atoms with Gasteiger partial charge in [0.05, 0.1) is 18.3 Å². The molecule has 102 valence electrons. The SMILES string of the molecule is Cc1ccccc1Cn1cnc2sc(C)c(C)c2c1=O. The van der Waals surface area contributed by atoms with E-state index in [0.717, 1.165) is 21.3 Å². The van der Waals surface area contributed by atoms with Crippen molar-refractivity contribution in [2.75, 3.05) is 0 Å². The van der Waals surface area contributed by atoms with Crippen LogP contribution in [0.2, 0.25) is 0 Å². The predicted octanol–water partition coefficient (Wildman–Crippen LogP) is 3.43. The highest BCUT2D eigenvalue weighted by atomic mass is 32.1. The van der Waals surface area contributed by atoms with Crippen molar-refractivity contribution in [2.24, 2.45) is 0 Å². The Balaban J connectivity index is 2.14. The molecular formula is C16H16N2OS. The maximum absolute atomic E-state index is 12.6. The van der Waals surface area contributed by atoms with E-state index in [0.29, 0.717) is 6.54 Å². The standard InChI is InChI=1S/C16H16N2OS/c1-10-6-4-5-7-13(10)8-18-9-17-15-14(16(18)19)11(2)12(3)20-15/h4-7,9H,8H2,1-3H3. The molecule has 0 saturated carbocycles. The summed E-state index contributed by atoms with van der Waals surface area (Å²) in [5.74, 6) is 0. The first kappa shape index (κ1) is 13.1. The molecule has 1 aromatic carbocycles. The number of benzene rings is 1.